The third kappa shape index (κ3) is 5.56. The molecule has 1 saturated heterocycles. The van der Waals surface area contributed by atoms with E-state index < -0.39 is 4.92 Å². The lowest BCUT2D eigenvalue weighted by Gasteiger charge is -2.28. The summed E-state index contributed by atoms with van der Waals surface area (Å²) in [5, 5.41) is 26.3. The number of phenolic OH excluding ortho intramolecular Hbond substituents is 1. The highest BCUT2D eigenvalue weighted by atomic mass is 35.5. The van der Waals surface area contributed by atoms with Gasteiger partial charge in [0.05, 0.1) is 28.4 Å². The predicted octanol–water partition coefficient (Wildman–Crippen LogP) is 8.08. The maximum atomic E-state index is 11.0. The second kappa shape index (κ2) is 11.7. The van der Waals surface area contributed by atoms with E-state index in [9.17, 15) is 15.2 Å². The van der Waals surface area contributed by atoms with Crippen LogP contribution in [0.4, 0.5) is 11.4 Å². The third-order valence-corrected chi connectivity index (χ3v) is 9.03. The van der Waals surface area contributed by atoms with E-state index >= 15 is 0 Å². The number of hydrogen-bond acceptors (Lipinski definition) is 6. The largest absolute Gasteiger partial charge is 0.506 e. The molecule has 11 heteroatoms. The van der Waals surface area contributed by atoms with Gasteiger partial charge in [0, 0.05) is 50.2 Å². The molecule has 0 radical (unpaired) electrons. The second-order valence-electron chi connectivity index (χ2n) is 10.1. The van der Waals surface area contributed by atoms with Crippen molar-refractivity contribution in [2.24, 2.45) is 0 Å². The predicted molar refractivity (Wildman–Crippen MR) is 174 cm³/mol. The van der Waals surface area contributed by atoms with Gasteiger partial charge >= 0.3 is 0 Å². The van der Waals surface area contributed by atoms with Gasteiger partial charge in [0.1, 0.15) is 5.75 Å². The molecule has 1 aliphatic rings. The average Bonchev–Trinajstić information content (AvgIpc) is 3.50. The molecular formula is C32H26ClN5O3S2. The quantitative estimate of drug-likeness (QED) is 0.106. The highest BCUT2D eigenvalue weighted by molar-refractivity contribution is 7.99. The van der Waals surface area contributed by atoms with Crippen LogP contribution in [0.5, 0.6) is 5.75 Å². The summed E-state index contributed by atoms with van der Waals surface area (Å²) < 4.78 is 2.01. The number of aromatic hydroxyl groups is 1. The first kappa shape index (κ1) is 28.7. The molecule has 0 unspecified atom stereocenters. The number of halogens is 1. The second-order valence-corrected chi connectivity index (χ2v) is 12.1. The van der Waals surface area contributed by atoms with Gasteiger partial charge in [-0.25, -0.2) is 0 Å². The van der Waals surface area contributed by atoms with E-state index in [4.69, 9.17) is 23.8 Å². The molecule has 8 nitrogen and oxygen atoms in total. The number of nitrogens with one attached hydrogen (secondary N) is 1. The summed E-state index contributed by atoms with van der Waals surface area (Å²) in [4.78, 5) is 19.3. The number of non-ortho nitro benzene ring substituents is 1. The van der Waals surface area contributed by atoms with Crippen LogP contribution in [0.25, 0.3) is 5.69 Å². The maximum absolute atomic E-state index is 11.0. The fourth-order valence-corrected chi connectivity index (χ4v) is 6.86. The Bertz CT molecular complexity index is 1830. The van der Waals surface area contributed by atoms with E-state index in [-0.39, 0.29) is 23.5 Å². The lowest BCUT2D eigenvalue weighted by atomic mass is 9.96. The lowest BCUT2D eigenvalue weighted by molar-refractivity contribution is -0.384. The number of aryl methyl sites for hydroxylation is 1. The minimum atomic E-state index is -0.403. The Labute approximate surface area is 263 Å². The zero-order chi connectivity index (χ0) is 30.2. The summed E-state index contributed by atoms with van der Waals surface area (Å²) in [5.41, 5.74) is 5.36. The number of thiocarbonyl (C=S) groups is 1. The number of rotatable bonds is 7. The molecule has 0 amide bonds. The van der Waals surface area contributed by atoms with Crippen LogP contribution in [0, 0.1) is 24.0 Å². The molecule has 0 spiro atoms. The van der Waals surface area contributed by atoms with Crippen LogP contribution in [0.15, 0.2) is 107 Å². The molecule has 0 saturated carbocycles. The average molecular weight is 628 g/mol. The normalized spacial score (nSPS) is 16.3. The van der Waals surface area contributed by atoms with Gasteiger partial charge < -0.3 is 19.9 Å². The number of anilines is 1. The van der Waals surface area contributed by atoms with Gasteiger partial charge in [0.15, 0.2) is 5.11 Å². The molecule has 1 aliphatic heterocycles. The minimum Gasteiger partial charge on any atom is -0.506 e. The van der Waals surface area contributed by atoms with Crippen molar-refractivity contribution in [1.82, 2.24) is 14.9 Å². The molecule has 3 aromatic carbocycles. The SMILES string of the molecule is Cc1cc([C@@H]2[C@@H](c3ccccn3)NC(=S)N2c2ccc(Sc3ccc([N+](=O)[O-])cc3)cc2)c(C)n1-c1cc(Cl)ccc1O. The topological polar surface area (TPSA) is 96.5 Å². The van der Waals surface area contributed by atoms with Gasteiger partial charge in [-0.05, 0) is 104 Å². The van der Waals surface area contributed by atoms with E-state index in [0.717, 1.165) is 38.1 Å². The number of benzene rings is 3. The number of phenols is 1. The monoisotopic (exact) mass is 627 g/mol. The Kier molecular flexibility index (Phi) is 7.83. The highest BCUT2D eigenvalue weighted by Gasteiger charge is 2.42. The molecule has 1 fully saturated rings. The van der Waals surface area contributed by atoms with E-state index in [1.54, 1.807) is 36.5 Å². The van der Waals surface area contributed by atoms with Crippen LogP contribution in [0.2, 0.25) is 5.02 Å². The molecule has 2 N–H and O–H groups in total. The van der Waals surface area contributed by atoms with Crippen LogP contribution in [0.1, 0.15) is 34.7 Å². The van der Waals surface area contributed by atoms with E-state index in [2.05, 4.69) is 21.3 Å². The van der Waals surface area contributed by atoms with Crippen LogP contribution in [0.3, 0.4) is 0 Å². The number of nitrogens with zero attached hydrogens (tertiary/aromatic N) is 4. The maximum Gasteiger partial charge on any atom is 0.269 e. The molecule has 5 aromatic rings. The first-order valence-electron chi connectivity index (χ1n) is 13.4. The van der Waals surface area contributed by atoms with Crippen molar-refractivity contribution in [3.8, 4) is 11.4 Å². The van der Waals surface area contributed by atoms with E-state index in [0.29, 0.717) is 15.8 Å². The van der Waals surface area contributed by atoms with Crippen molar-refractivity contribution in [2.45, 2.75) is 35.7 Å². The molecule has 216 valence electrons. The third-order valence-electron chi connectivity index (χ3n) is 7.46. The summed E-state index contributed by atoms with van der Waals surface area (Å²) in [6, 6.07) is 27.1. The Morgan fingerprint density at radius 2 is 1.70 bits per heavy atom. The Balaban J connectivity index is 1.39. The summed E-state index contributed by atoms with van der Waals surface area (Å²) in [6.45, 7) is 4.03. The van der Waals surface area contributed by atoms with Crippen LogP contribution >= 0.6 is 35.6 Å². The van der Waals surface area contributed by atoms with E-state index in [1.807, 2.05) is 60.9 Å². The fourth-order valence-electron chi connectivity index (χ4n) is 5.53. The van der Waals surface area contributed by atoms with Crippen LogP contribution in [-0.2, 0) is 0 Å². The Morgan fingerprint density at radius 3 is 2.35 bits per heavy atom. The summed E-state index contributed by atoms with van der Waals surface area (Å²) in [7, 11) is 0. The molecule has 43 heavy (non-hydrogen) atoms. The first-order chi connectivity index (χ1) is 20.7. The zero-order valence-electron chi connectivity index (χ0n) is 23.1. The van der Waals surface area contributed by atoms with Crippen molar-refractivity contribution in [3.63, 3.8) is 0 Å². The molecule has 2 aromatic heterocycles. The molecule has 3 heterocycles. The first-order valence-corrected chi connectivity index (χ1v) is 15.0. The van der Waals surface area contributed by atoms with Crippen molar-refractivity contribution in [1.29, 1.82) is 0 Å². The van der Waals surface area contributed by atoms with E-state index in [1.165, 1.54) is 23.9 Å². The van der Waals surface area contributed by atoms with Gasteiger partial charge in [0.25, 0.3) is 5.69 Å². The minimum absolute atomic E-state index is 0.0631. The zero-order valence-corrected chi connectivity index (χ0v) is 25.5. The number of hydrogen-bond donors (Lipinski definition) is 2. The van der Waals surface area contributed by atoms with Crippen LogP contribution < -0.4 is 10.2 Å². The fraction of sp³-hybridized carbons (Fsp3) is 0.125. The molecule has 6 rings (SSSR count). The summed E-state index contributed by atoms with van der Waals surface area (Å²) in [5.74, 6) is 0.136. The molecule has 0 bridgehead atoms. The lowest BCUT2D eigenvalue weighted by Crippen LogP contribution is -2.29. The molecule has 0 aliphatic carbocycles. The van der Waals surface area contributed by atoms with Gasteiger partial charge in [-0.1, -0.05) is 29.4 Å². The smallest absolute Gasteiger partial charge is 0.269 e. The highest BCUT2D eigenvalue weighted by Crippen LogP contribution is 2.45. The number of nitro groups is 1. The van der Waals surface area contributed by atoms with Crippen molar-refractivity contribution < 1.29 is 10.0 Å². The Morgan fingerprint density at radius 1 is 1.00 bits per heavy atom. The molecule has 2 atom stereocenters. The van der Waals surface area contributed by atoms with Crippen molar-refractivity contribution in [2.75, 3.05) is 4.90 Å². The Hall–Kier alpha value is -4.38. The standard InChI is InChI=1S/C32H26ClN5O3S2/c1-19-17-26(20(2)36(19)28-18-21(33)6-15-29(28)39)31-30(27-5-3-4-16-34-27)35-32(42)37(31)22-7-11-24(12-8-22)43-25-13-9-23(10-14-25)38(40)41/h3-18,30-31,39H,1-2H3,(H,35,42)/t30-,31-/m1/s1. The van der Waals surface area contributed by atoms with Gasteiger partial charge in [-0.2, -0.15) is 0 Å². The number of aromatic nitrogens is 2. The van der Waals surface area contributed by atoms with Gasteiger partial charge in [-0.15, -0.1) is 0 Å². The number of pyridine rings is 1. The van der Waals surface area contributed by atoms with Crippen molar-refractivity contribution in [3.05, 3.63) is 135 Å². The van der Waals surface area contributed by atoms with Crippen molar-refractivity contribution >= 4 is 52.1 Å². The summed E-state index contributed by atoms with van der Waals surface area (Å²) in [6.07, 6.45) is 1.78. The van der Waals surface area contributed by atoms with Crippen LogP contribution in [-0.4, -0.2) is 24.7 Å². The number of nitro benzene ring substituents is 1. The molecular weight excluding hydrogens is 602 g/mol. The van der Waals surface area contributed by atoms with Gasteiger partial charge in [-0.3, -0.25) is 15.1 Å². The summed E-state index contributed by atoms with van der Waals surface area (Å²) >= 11 is 13.8. The van der Waals surface area contributed by atoms with Gasteiger partial charge in [0.2, 0.25) is 0 Å².